The van der Waals surface area contributed by atoms with Gasteiger partial charge < -0.3 is 19.8 Å². The Labute approximate surface area is 161 Å². The van der Waals surface area contributed by atoms with Gasteiger partial charge in [0.05, 0.1) is 6.42 Å². The Morgan fingerprint density at radius 3 is 2.70 bits per heavy atom. The highest BCUT2D eigenvalue weighted by Gasteiger charge is 2.35. The molecule has 0 radical (unpaired) electrons. The summed E-state index contributed by atoms with van der Waals surface area (Å²) in [6.45, 7) is 8.37. The highest BCUT2D eigenvalue weighted by atomic mass is 19.1. The fourth-order valence-electron chi connectivity index (χ4n) is 4.20. The van der Waals surface area contributed by atoms with Crippen molar-refractivity contribution in [3.63, 3.8) is 0 Å². The summed E-state index contributed by atoms with van der Waals surface area (Å²) in [4.78, 5) is 19.4. The number of likely N-dealkylation sites (tertiary alicyclic amines) is 1. The van der Waals surface area contributed by atoms with Gasteiger partial charge in [-0.15, -0.1) is 0 Å². The summed E-state index contributed by atoms with van der Waals surface area (Å²) >= 11 is 0. The third kappa shape index (κ3) is 5.27. The van der Waals surface area contributed by atoms with E-state index < -0.39 is 0 Å². The maximum Gasteiger partial charge on any atom is 0.227 e. The Hall–Kier alpha value is -1.50. The number of aliphatic hydroxyl groups excluding tert-OH is 1. The van der Waals surface area contributed by atoms with Crippen molar-refractivity contribution in [3.05, 3.63) is 35.1 Å². The first kappa shape index (κ1) is 20.2. The first-order chi connectivity index (χ1) is 13.0. The average molecular weight is 378 g/mol. The molecule has 2 aliphatic rings. The number of carbonyl (C=O) groups excluding carboxylic acids is 1. The van der Waals surface area contributed by atoms with E-state index in [1.165, 1.54) is 6.07 Å². The summed E-state index contributed by atoms with van der Waals surface area (Å²) in [6, 6.07) is 5.00. The lowest BCUT2D eigenvalue weighted by atomic mass is 9.96. The number of rotatable bonds is 5. The maximum atomic E-state index is 13.7. The van der Waals surface area contributed by atoms with Crippen LogP contribution in [0.3, 0.4) is 0 Å². The maximum absolute atomic E-state index is 13.7. The van der Waals surface area contributed by atoms with Gasteiger partial charge >= 0.3 is 0 Å². The minimum Gasteiger partial charge on any atom is -0.396 e. The van der Waals surface area contributed by atoms with Gasteiger partial charge in [-0.1, -0.05) is 12.1 Å². The van der Waals surface area contributed by atoms with Crippen LogP contribution in [0.2, 0.25) is 0 Å². The number of hydrogen-bond donors (Lipinski definition) is 1. The van der Waals surface area contributed by atoms with Crippen LogP contribution in [-0.2, 0) is 11.2 Å². The molecule has 0 unspecified atom stereocenters. The van der Waals surface area contributed by atoms with Gasteiger partial charge in [-0.2, -0.15) is 0 Å². The summed E-state index contributed by atoms with van der Waals surface area (Å²) in [5.74, 6) is 0.190. The van der Waals surface area contributed by atoms with E-state index in [4.69, 9.17) is 0 Å². The molecule has 2 heterocycles. The number of aryl methyl sites for hydroxylation is 1. The fraction of sp³-hybridized carbons (Fsp3) is 0.667. The van der Waals surface area contributed by atoms with Crippen LogP contribution < -0.4 is 0 Å². The topological polar surface area (TPSA) is 47.0 Å². The molecule has 1 aromatic carbocycles. The van der Waals surface area contributed by atoms with E-state index in [1.807, 2.05) is 11.0 Å². The van der Waals surface area contributed by atoms with Crippen molar-refractivity contribution in [2.45, 2.75) is 19.8 Å². The molecule has 6 heteroatoms. The lowest BCUT2D eigenvalue weighted by molar-refractivity contribution is -0.129. The van der Waals surface area contributed by atoms with Crippen LogP contribution in [0.15, 0.2) is 18.2 Å². The highest BCUT2D eigenvalue weighted by Crippen LogP contribution is 2.25. The summed E-state index contributed by atoms with van der Waals surface area (Å²) in [5.41, 5.74) is 1.30. The molecule has 5 nitrogen and oxygen atoms in total. The summed E-state index contributed by atoms with van der Waals surface area (Å²) < 4.78 is 13.7. The largest absolute Gasteiger partial charge is 0.396 e. The van der Waals surface area contributed by atoms with E-state index in [0.717, 1.165) is 39.1 Å². The predicted octanol–water partition coefficient (Wildman–Crippen LogP) is 1.38. The summed E-state index contributed by atoms with van der Waals surface area (Å²) in [6.07, 6.45) is 1.38. The molecule has 2 saturated heterocycles. The van der Waals surface area contributed by atoms with Gasteiger partial charge in [0.1, 0.15) is 5.82 Å². The van der Waals surface area contributed by atoms with E-state index in [-0.39, 0.29) is 30.7 Å². The zero-order valence-corrected chi connectivity index (χ0v) is 16.5. The van der Waals surface area contributed by atoms with Gasteiger partial charge in [0.2, 0.25) is 5.91 Å². The van der Waals surface area contributed by atoms with Crippen molar-refractivity contribution in [2.75, 3.05) is 59.5 Å². The van der Waals surface area contributed by atoms with Crippen LogP contribution in [0.4, 0.5) is 4.39 Å². The Morgan fingerprint density at radius 2 is 1.96 bits per heavy atom. The molecule has 0 bridgehead atoms. The number of likely N-dealkylation sites (N-methyl/N-ethyl adjacent to an activating group) is 1. The number of nitrogens with zero attached hydrogens (tertiary/aromatic N) is 3. The van der Waals surface area contributed by atoms with Crippen LogP contribution in [0, 0.1) is 24.6 Å². The molecule has 1 N–H and O–H groups in total. The normalized spacial score (nSPS) is 25.0. The zero-order valence-electron chi connectivity index (χ0n) is 16.5. The second-order valence-corrected chi connectivity index (χ2v) is 8.22. The summed E-state index contributed by atoms with van der Waals surface area (Å²) in [7, 11) is 2.16. The number of aliphatic hydroxyl groups is 1. The van der Waals surface area contributed by atoms with Gasteiger partial charge in [0.15, 0.2) is 0 Å². The molecule has 0 saturated carbocycles. The molecule has 2 fully saturated rings. The Bertz CT molecular complexity index is 654. The van der Waals surface area contributed by atoms with Crippen molar-refractivity contribution >= 4 is 5.91 Å². The molecule has 27 heavy (non-hydrogen) atoms. The molecule has 0 spiro atoms. The molecule has 1 amide bonds. The first-order valence-corrected chi connectivity index (χ1v) is 10.0. The molecule has 1 aromatic rings. The third-order valence-corrected chi connectivity index (χ3v) is 6.06. The molecule has 0 aliphatic carbocycles. The molecule has 2 aliphatic heterocycles. The second-order valence-electron chi connectivity index (χ2n) is 8.22. The lowest BCUT2D eigenvalue weighted by Gasteiger charge is -2.26. The number of halogens is 1. The molecule has 150 valence electrons. The smallest absolute Gasteiger partial charge is 0.227 e. The monoisotopic (exact) mass is 377 g/mol. The SMILES string of the molecule is Cc1ccc(CC(=O)N2C[C@@H](CN3CCCN(C)CC3)[C@@H](CO)C2)cc1F. The Morgan fingerprint density at radius 1 is 1.19 bits per heavy atom. The number of benzene rings is 1. The van der Waals surface area contributed by atoms with Crippen molar-refractivity contribution in [1.82, 2.24) is 14.7 Å². The van der Waals surface area contributed by atoms with E-state index in [9.17, 15) is 14.3 Å². The van der Waals surface area contributed by atoms with Crippen LogP contribution in [0.25, 0.3) is 0 Å². The number of carbonyl (C=O) groups is 1. The van der Waals surface area contributed by atoms with Gasteiger partial charge in [-0.05, 0) is 56.6 Å². The summed E-state index contributed by atoms with van der Waals surface area (Å²) in [5, 5.41) is 9.81. The second kappa shape index (κ2) is 9.13. The lowest BCUT2D eigenvalue weighted by Crippen LogP contribution is -2.36. The molecule has 0 aromatic heterocycles. The van der Waals surface area contributed by atoms with E-state index >= 15 is 0 Å². The molecular formula is C21H32FN3O2. The van der Waals surface area contributed by atoms with Gasteiger partial charge in [0, 0.05) is 45.2 Å². The van der Waals surface area contributed by atoms with Crippen LogP contribution >= 0.6 is 0 Å². The van der Waals surface area contributed by atoms with Gasteiger partial charge in [-0.3, -0.25) is 4.79 Å². The first-order valence-electron chi connectivity index (χ1n) is 10.0. The Kier molecular flexibility index (Phi) is 6.84. The van der Waals surface area contributed by atoms with Crippen molar-refractivity contribution in [3.8, 4) is 0 Å². The quantitative estimate of drug-likeness (QED) is 0.842. The minimum atomic E-state index is -0.265. The van der Waals surface area contributed by atoms with Crippen molar-refractivity contribution < 1.29 is 14.3 Å². The van der Waals surface area contributed by atoms with Crippen LogP contribution in [0.5, 0.6) is 0 Å². The van der Waals surface area contributed by atoms with Crippen LogP contribution in [-0.4, -0.2) is 85.2 Å². The Balaban J connectivity index is 1.57. The fourth-order valence-corrected chi connectivity index (χ4v) is 4.20. The van der Waals surface area contributed by atoms with E-state index in [0.29, 0.717) is 30.1 Å². The van der Waals surface area contributed by atoms with Crippen molar-refractivity contribution in [2.24, 2.45) is 11.8 Å². The third-order valence-electron chi connectivity index (χ3n) is 6.06. The predicted molar refractivity (Wildman–Crippen MR) is 104 cm³/mol. The van der Waals surface area contributed by atoms with E-state index in [2.05, 4.69) is 16.8 Å². The van der Waals surface area contributed by atoms with E-state index in [1.54, 1.807) is 13.0 Å². The average Bonchev–Trinajstić information content (AvgIpc) is 2.94. The minimum absolute atomic E-state index is 0.0230. The van der Waals surface area contributed by atoms with Crippen molar-refractivity contribution in [1.29, 1.82) is 0 Å². The van der Waals surface area contributed by atoms with Gasteiger partial charge in [0.25, 0.3) is 0 Å². The molecular weight excluding hydrogens is 345 g/mol. The molecule has 2 atom stereocenters. The standard InChI is InChI=1S/C21H32FN3O2/c1-16-4-5-17(10-20(16)22)11-21(27)25-13-18(19(14-25)15-26)12-24-7-3-6-23(2)8-9-24/h4-5,10,18-19,26H,3,6-9,11-15H2,1-2H3/t18-,19-/m1/s1. The van der Waals surface area contributed by atoms with Crippen LogP contribution in [0.1, 0.15) is 17.5 Å². The number of hydrogen-bond acceptors (Lipinski definition) is 4. The molecule has 3 rings (SSSR count). The highest BCUT2D eigenvalue weighted by molar-refractivity contribution is 5.79. The zero-order chi connectivity index (χ0) is 19.4. The van der Waals surface area contributed by atoms with Gasteiger partial charge in [-0.25, -0.2) is 4.39 Å². The number of amides is 1.